The van der Waals surface area contributed by atoms with Gasteiger partial charge in [-0.15, -0.1) is 0 Å². The van der Waals surface area contributed by atoms with Crippen LogP contribution in [0.25, 0.3) is 0 Å². The second-order valence-corrected chi connectivity index (χ2v) is 5.95. The fourth-order valence-electron chi connectivity index (χ4n) is 2.50. The largest absolute Gasteiger partial charge is 0.371 e. The Morgan fingerprint density at radius 3 is 2.90 bits per heavy atom. The van der Waals surface area contributed by atoms with Crippen molar-refractivity contribution in [2.24, 2.45) is 0 Å². The first kappa shape index (κ1) is 14.9. The maximum Gasteiger partial charge on any atom is 0.0952 e. The number of imidazole rings is 1. The zero-order valence-electron chi connectivity index (χ0n) is 11.6. The van der Waals surface area contributed by atoms with Gasteiger partial charge >= 0.3 is 0 Å². The Bertz CT molecular complexity index is 589. The molecular formula is C15H17Cl2N3O. The second-order valence-electron chi connectivity index (χ2n) is 5.13. The lowest BCUT2D eigenvalue weighted by molar-refractivity contribution is -0.0308. The van der Waals surface area contributed by atoms with Crippen molar-refractivity contribution in [3.63, 3.8) is 0 Å². The number of hydrogen-bond donors (Lipinski definition) is 0. The summed E-state index contributed by atoms with van der Waals surface area (Å²) in [7, 11) is 0. The number of hydrogen-bond acceptors (Lipinski definition) is 3. The van der Waals surface area contributed by atoms with E-state index in [0.29, 0.717) is 10.0 Å². The molecule has 2 heterocycles. The fraction of sp³-hybridized carbons (Fsp3) is 0.400. The van der Waals surface area contributed by atoms with Crippen molar-refractivity contribution in [2.45, 2.75) is 12.6 Å². The van der Waals surface area contributed by atoms with Gasteiger partial charge in [0, 0.05) is 38.6 Å². The Morgan fingerprint density at radius 1 is 1.24 bits per heavy atom. The molecule has 1 unspecified atom stereocenters. The van der Waals surface area contributed by atoms with Crippen LogP contribution in [0.3, 0.4) is 0 Å². The minimum atomic E-state index is 0.0521. The third kappa shape index (κ3) is 3.77. The predicted molar refractivity (Wildman–Crippen MR) is 83.8 cm³/mol. The van der Waals surface area contributed by atoms with E-state index in [0.717, 1.165) is 38.3 Å². The van der Waals surface area contributed by atoms with E-state index in [4.69, 9.17) is 27.9 Å². The average molecular weight is 326 g/mol. The quantitative estimate of drug-likeness (QED) is 0.864. The molecule has 1 aliphatic heterocycles. The lowest BCUT2D eigenvalue weighted by Crippen LogP contribution is -2.39. The van der Waals surface area contributed by atoms with E-state index in [1.165, 1.54) is 0 Å². The number of morpholine rings is 1. The van der Waals surface area contributed by atoms with Gasteiger partial charge in [-0.1, -0.05) is 29.3 Å². The Morgan fingerprint density at radius 2 is 2.14 bits per heavy atom. The van der Waals surface area contributed by atoms with E-state index in [1.54, 1.807) is 6.20 Å². The standard InChI is InChI=1S/C15H17Cl2N3O/c16-13-2-1-12(9-14(13)17)15-10-19(7-8-21-15)5-6-20-4-3-18-11-20/h1-4,9,11,15H,5-8,10H2. The predicted octanol–water partition coefficient (Wildman–Crippen LogP) is 3.26. The number of rotatable bonds is 4. The summed E-state index contributed by atoms with van der Waals surface area (Å²) < 4.78 is 7.95. The maximum atomic E-state index is 6.09. The van der Waals surface area contributed by atoms with Gasteiger partial charge in [0.25, 0.3) is 0 Å². The molecule has 0 N–H and O–H groups in total. The molecular weight excluding hydrogens is 309 g/mol. The fourth-order valence-corrected chi connectivity index (χ4v) is 2.80. The van der Waals surface area contributed by atoms with Gasteiger partial charge in [-0.25, -0.2) is 4.98 Å². The molecule has 1 aromatic heterocycles. The van der Waals surface area contributed by atoms with Crippen LogP contribution in [0, 0.1) is 0 Å². The van der Waals surface area contributed by atoms with Crippen molar-refractivity contribution in [3.8, 4) is 0 Å². The van der Waals surface area contributed by atoms with E-state index < -0.39 is 0 Å². The molecule has 0 amide bonds. The minimum Gasteiger partial charge on any atom is -0.371 e. The van der Waals surface area contributed by atoms with Crippen LogP contribution in [0.1, 0.15) is 11.7 Å². The van der Waals surface area contributed by atoms with Crippen LogP contribution >= 0.6 is 23.2 Å². The van der Waals surface area contributed by atoms with Gasteiger partial charge in [-0.2, -0.15) is 0 Å². The summed E-state index contributed by atoms with van der Waals surface area (Å²) in [5.74, 6) is 0. The number of halogens is 2. The molecule has 3 rings (SSSR count). The summed E-state index contributed by atoms with van der Waals surface area (Å²) in [6.07, 6.45) is 5.68. The van der Waals surface area contributed by atoms with Gasteiger partial charge in [0.1, 0.15) is 0 Å². The summed E-state index contributed by atoms with van der Waals surface area (Å²) in [6, 6.07) is 5.71. The zero-order valence-corrected chi connectivity index (χ0v) is 13.1. The van der Waals surface area contributed by atoms with E-state index >= 15 is 0 Å². The molecule has 21 heavy (non-hydrogen) atoms. The number of nitrogens with zero attached hydrogens (tertiary/aromatic N) is 3. The van der Waals surface area contributed by atoms with E-state index in [1.807, 2.05) is 30.7 Å². The van der Waals surface area contributed by atoms with E-state index in [-0.39, 0.29) is 6.10 Å². The molecule has 0 bridgehead atoms. The molecule has 0 radical (unpaired) electrons. The lowest BCUT2D eigenvalue weighted by atomic mass is 10.1. The Balaban J connectivity index is 1.61. The molecule has 0 aliphatic carbocycles. The van der Waals surface area contributed by atoms with Gasteiger partial charge in [0.05, 0.1) is 29.1 Å². The van der Waals surface area contributed by atoms with E-state index in [9.17, 15) is 0 Å². The summed E-state index contributed by atoms with van der Waals surface area (Å²) in [5, 5.41) is 1.15. The molecule has 0 spiro atoms. The molecule has 1 aliphatic rings. The molecule has 6 heteroatoms. The molecule has 1 aromatic carbocycles. The first-order chi connectivity index (χ1) is 10.2. The normalized spacial score (nSPS) is 19.8. The van der Waals surface area contributed by atoms with E-state index in [2.05, 4.69) is 14.5 Å². The molecule has 1 atom stereocenters. The van der Waals surface area contributed by atoms with Crippen LogP contribution in [0.15, 0.2) is 36.9 Å². The van der Waals surface area contributed by atoms with Gasteiger partial charge in [-0.3, -0.25) is 4.90 Å². The molecule has 1 fully saturated rings. The summed E-state index contributed by atoms with van der Waals surface area (Å²) in [4.78, 5) is 6.46. The van der Waals surface area contributed by atoms with Crippen LogP contribution in [-0.4, -0.2) is 40.7 Å². The van der Waals surface area contributed by atoms with Gasteiger partial charge < -0.3 is 9.30 Å². The van der Waals surface area contributed by atoms with Gasteiger partial charge in [0.15, 0.2) is 0 Å². The lowest BCUT2D eigenvalue weighted by Gasteiger charge is -2.33. The molecule has 0 saturated carbocycles. The van der Waals surface area contributed by atoms with Crippen LogP contribution in [0.2, 0.25) is 10.0 Å². The first-order valence-electron chi connectivity index (χ1n) is 6.97. The summed E-state index contributed by atoms with van der Waals surface area (Å²) >= 11 is 12.0. The van der Waals surface area contributed by atoms with Crippen LogP contribution < -0.4 is 0 Å². The molecule has 4 nitrogen and oxygen atoms in total. The number of aromatic nitrogens is 2. The highest BCUT2D eigenvalue weighted by Crippen LogP contribution is 2.28. The SMILES string of the molecule is Clc1ccc(C2CN(CCn3ccnc3)CCO2)cc1Cl. The van der Waals surface area contributed by atoms with Gasteiger partial charge in [-0.05, 0) is 17.7 Å². The van der Waals surface area contributed by atoms with Crippen LogP contribution in [0.4, 0.5) is 0 Å². The van der Waals surface area contributed by atoms with Crippen LogP contribution in [-0.2, 0) is 11.3 Å². The van der Waals surface area contributed by atoms with Gasteiger partial charge in [0.2, 0.25) is 0 Å². The van der Waals surface area contributed by atoms with Crippen molar-refractivity contribution < 1.29 is 4.74 Å². The van der Waals surface area contributed by atoms with Crippen molar-refractivity contribution in [2.75, 3.05) is 26.2 Å². The monoisotopic (exact) mass is 325 g/mol. The smallest absolute Gasteiger partial charge is 0.0952 e. The van der Waals surface area contributed by atoms with Crippen molar-refractivity contribution >= 4 is 23.2 Å². The van der Waals surface area contributed by atoms with Crippen LogP contribution in [0.5, 0.6) is 0 Å². The first-order valence-corrected chi connectivity index (χ1v) is 7.72. The maximum absolute atomic E-state index is 6.09. The summed E-state index contributed by atoms with van der Waals surface area (Å²) in [6.45, 7) is 4.47. The molecule has 112 valence electrons. The highest BCUT2D eigenvalue weighted by Gasteiger charge is 2.22. The molecule has 1 saturated heterocycles. The minimum absolute atomic E-state index is 0.0521. The third-order valence-corrected chi connectivity index (χ3v) is 4.44. The third-order valence-electron chi connectivity index (χ3n) is 3.70. The van der Waals surface area contributed by atoms with Crippen molar-refractivity contribution in [1.29, 1.82) is 0 Å². The highest BCUT2D eigenvalue weighted by molar-refractivity contribution is 6.42. The summed E-state index contributed by atoms with van der Waals surface area (Å²) in [5.41, 5.74) is 1.08. The zero-order chi connectivity index (χ0) is 14.7. The highest BCUT2D eigenvalue weighted by atomic mass is 35.5. The topological polar surface area (TPSA) is 30.3 Å². The van der Waals surface area contributed by atoms with Crippen molar-refractivity contribution in [3.05, 3.63) is 52.5 Å². The number of ether oxygens (including phenoxy) is 1. The number of benzene rings is 1. The Labute approximate surface area is 134 Å². The Hall–Kier alpha value is -1.07. The second kappa shape index (κ2) is 6.79. The van der Waals surface area contributed by atoms with Crippen molar-refractivity contribution in [1.82, 2.24) is 14.5 Å². The molecule has 2 aromatic rings. The average Bonchev–Trinajstić information content (AvgIpc) is 3.02. The Kier molecular flexibility index (Phi) is 4.80.